The van der Waals surface area contributed by atoms with Crippen LogP contribution in [0.3, 0.4) is 0 Å². The summed E-state index contributed by atoms with van der Waals surface area (Å²) in [5, 5.41) is 3.37. The van der Waals surface area contributed by atoms with Crippen LogP contribution in [0.25, 0.3) is 0 Å². The van der Waals surface area contributed by atoms with Crippen molar-refractivity contribution < 1.29 is 9.59 Å². The molecule has 3 rings (SSSR count). The highest BCUT2D eigenvalue weighted by atomic mass is 35.5. The van der Waals surface area contributed by atoms with Gasteiger partial charge in [-0.25, -0.2) is 4.98 Å². The van der Waals surface area contributed by atoms with Gasteiger partial charge >= 0.3 is 0 Å². The van der Waals surface area contributed by atoms with Gasteiger partial charge in [0.2, 0.25) is 11.8 Å². The molecule has 1 aromatic rings. The smallest absolute Gasteiger partial charge is 0.242 e. The van der Waals surface area contributed by atoms with E-state index in [0.717, 1.165) is 52.1 Å². The lowest BCUT2D eigenvalue weighted by atomic mass is 10.1. The highest BCUT2D eigenvalue weighted by Gasteiger charge is 2.27. The fraction of sp³-hybridized carbons (Fsp3) is 0.632. The number of piperazine rings is 1. The third-order valence-corrected chi connectivity index (χ3v) is 5.60. The number of piperidine rings is 1. The van der Waals surface area contributed by atoms with Gasteiger partial charge in [0.1, 0.15) is 5.82 Å². The Labute approximate surface area is 165 Å². The van der Waals surface area contributed by atoms with E-state index in [4.69, 9.17) is 11.6 Å². The molecular formula is C19H28ClN5O2. The van der Waals surface area contributed by atoms with Crippen molar-refractivity contribution >= 4 is 29.2 Å². The molecule has 0 saturated carbocycles. The van der Waals surface area contributed by atoms with E-state index in [-0.39, 0.29) is 17.9 Å². The lowest BCUT2D eigenvalue weighted by Gasteiger charge is -2.38. The molecule has 0 aliphatic carbocycles. The predicted molar refractivity (Wildman–Crippen MR) is 106 cm³/mol. The third kappa shape index (κ3) is 5.64. The summed E-state index contributed by atoms with van der Waals surface area (Å²) in [6.45, 7) is 7.34. The normalized spacial score (nSPS) is 20.3. The second kappa shape index (κ2) is 9.48. The van der Waals surface area contributed by atoms with Crippen LogP contribution in [0.15, 0.2) is 18.3 Å². The average molecular weight is 394 g/mol. The van der Waals surface area contributed by atoms with Crippen molar-refractivity contribution in [2.75, 3.05) is 51.1 Å². The minimum atomic E-state index is -0.248. The summed E-state index contributed by atoms with van der Waals surface area (Å²) < 4.78 is 0. The van der Waals surface area contributed by atoms with E-state index < -0.39 is 0 Å². The van der Waals surface area contributed by atoms with Crippen molar-refractivity contribution in [3.05, 3.63) is 23.4 Å². The van der Waals surface area contributed by atoms with Gasteiger partial charge in [0.05, 0.1) is 17.6 Å². The van der Waals surface area contributed by atoms with E-state index in [1.165, 1.54) is 12.6 Å². The van der Waals surface area contributed by atoms with Gasteiger partial charge in [-0.05, 0) is 38.3 Å². The highest BCUT2D eigenvalue weighted by Crippen LogP contribution is 2.13. The Morgan fingerprint density at radius 3 is 2.44 bits per heavy atom. The van der Waals surface area contributed by atoms with Crippen LogP contribution in [0.1, 0.15) is 26.2 Å². The Morgan fingerprint density at radius 2 is 1.81 bits per heavy atom. The molecule has 1 N–H and O–H groups in total. The summed E-state index contributed by atoms with van der Waals surface area (Å²) in [6, 6.07) is 3.15. The largest absolute Gasteiger partial charge is 0.342 e. The molecule has 0 spiro atoms. The number of carbonyl (C=O) groups excluding carboxylic acids is 2. The number of anilines is 1. The van der Waals surface area contributed by atoms with E-state index >= 15 is 0 Å². The molecule has 1 atom stereocenters. The molecule has 8 heteroatoms. The molecule has 0 radical (unpaired) electrons. The van der Waals surface area contributed by atoms with Crippen LogP contribution in [0.5, 0.6) is 0 Å². The van der Waals surface area contributed by atoms with Crippen LogP contribution in [-0.2, 0) is 9.59 Å². The number of nitrogens with one attached hydrogen (secondary N) is 1. The Morgan fingerprint density at radius 1 is 1.11 bits per heavy atom. The second-order valence-corrected chi connectivity index (χ2v) is 7.72. The Kier molecular flexibility index (Phi) is 7.04. The number of pyridine rings is 1. The molecule has 0 bridgehead atoms. The molecule has 2 saturated heterocycles. The number of rotatable bonds is 5. The number of aromatic nitrogens is 1. The van der Waals surface area contributed by atoms with Crippen molar-refractivity contribution in [3.63, 3.8) is 0 Å². The zero-order valence-corrected chi connectivity index (χ0v) is 16.6. The van der Waals surface area contributed by atoms with Gasteiger partial charge in [-0.15, -0.1) is 0 Å². The van der Waals surface area contributed by atoms with Crippen LogP contribution in [0, 0.1) is 0 Å². The van der Waals surface area contributed by atoms with Gasteiger partial charge in [0, 0.05) is 45.5 Å². The van der Waals surface area contributed by atoms with Crippen molar-refractivity contribution in [1.82, 2.24) is 19.7 Å². The summed E-state index contributed by atoms with van der Waals surface area (Å²) in [5.74, 6) is 0.660. The molecule has 2 amide bonds. The molecule has 2 fully saturated rings. The Bertz CT molecular complexity index is 640. The zero-order valence-electron chi connectivity index (χ0n) is 15.9. The van der Waals surface area contributed by atoms with Crippen molar-refractivity contribution in [2.45, 2.75) is 32.2 Å². The third-order valence-electron chi connectivity index (χ3n) is 5.38. The summed E-state index contributed by atoms with van der Waals surface area (Å²) in [5.41, 5.74) is 0. The maximum absolute atomic E-state index is 12.5. The summed E-state index contributed by atoms with van der Waals surface area (Å²) in [7, 11) is 0. The number of amides is 2. The van der Waals surface area contributed by atoms with Crippen molar-refractivity contribution in [1.29, 1.82) is 0 Å². The Balaban J connectivity index is 1.43. The number of halogens is 1. The first kappa shape index (κ1) is 20.0. The van der Waals surface area contributed by atoms with Gasteiger partial charge in [-0.2, -0.15) is 0 Å². The second-order valence-electron chi connectivity index (χ2n) is 7.28. The molecule has 0 aromatic carbocycles. The van der Waals surface area contributed by atoms with Crippen LogP contribution < -0.4 is 5.32 Å². The first-order chi connectivity index (χ1) is 13.0. The monoisotopic (exact) mass is 393 g/mol. The van der Waals surface area contributed by atoms with Gasteiger partial charge in [0.15, 0.2) is 0 Å². The minimum Gasteiger partial charge on any atom is -0.342 e. The van der Waals surface area contributed by atoms with Crippen LogP contribution in [0.4, 0.5) is 5.82 Å². The van der Waals surface area contributed by atoms with E-state index in [1.54, 1.807) is 12.1 Å². The van der Waals surface area contributed by atoms with Gasteiger partial charge in [-0.3, -0.25) is 19.4 Å². The van der Waals surface area contributed by atoms with Gasteiger partial charge in [0.25, 0.3) is 0 Å². The van der Waals surface area contributed by atoms with E-state index in [0.29, 0.717) is 17.4 Å². The first-order valence-corrected chi connectivity index (χ1v) is 10.1. The Hall–Kier alpha value is -1.70. The number of carbonyl (C=O) groups is 2. The fourth-order valence-electron chi connectivity index (χ4n) is 3.59. The molecule has 0 unspecified atom stereocenters. The van der Waals surface area contributed by atoms with E-state index in [9.17, 15) is 9.59 Å². The standard InChI is InChI=1S/C19H28ClN5O2/c1-15(19(27)22-17-6-5-16(20)13-21-17)24-11-9-23(10-12-24)14-18(26)25-7-3-2-4-8-25/h5-6,13,15H,2-4,7-12,14H2,1H3,(H,21,22,27)/t15-/m0/s1. The average Bonchev–Trinajstić information content (AvgIpc) is 2.70. The molecule has 148 valence electrons. The first-order valence-electron chi connectivity index (χ1n) is 9.69. The van der Waals surface area contributed by atoms with Gasteiger partial charge in [-0.1, -0.05) is 11.6 Å². The number of hydrogen-bond donors (Lipinski definition) is 1. The molecule has 27 heavy (non-hydrogen) atoms. The summed E-state index contributed by atoms with van der Waals surface area (Å²) in [6.07, 6.45) is 4.98. The maximum atomic E-state index is 12.5. The molecule has 2 aliphatic heterocycles. The predicted octanol–water partition coefficient (Wildman–Crippen LogP) is 1.69. The highest BCUT2D eigenvalue weighted by molar-refractivity contribution is 6.30. The van der Waals surface area contributed by atoms with E-state index in [2.05, 4.69) is 20.1 Å². The lowest BCUT2D eigenvalue weighted by molar-refractivity contribution is -0.134. The van der Waals surface area contributed by atoms with Crippen LogP contribution >= 0.6 is 11.6 Å². The summed E-state index contributed by atoms with van der Waals surface area (Å²) in [4.78, 5) is 35.3. The fourth-order valence-corrected chi connectivity index (χ4v) is 3.70. The SMILES string of the molecule is C[C@@H](C(=O)Nc1ccc(Cl)cn1)N1CCN(CC(=O)N2CCCCC2)CC1. The van der Waals surface area contributed by atoms with Crippen molar-refractivity contribution in [3.8, 4) is 0 Å². The number of nitrogens with zero attached hydrogens (tertiary/aromatic N) is 4. The van der Waals surface area contributed by atoms with Crippen molar-refractivity contribution in [2.24, 2.45) is 0 Å². The van der Waals surface area contributed by atoms with E-state index in [1.807, 2.05) is 11.8 Å². The molecule has 1 aromatic heterocycles. The van der Waals surface area contributed by atoms with Gasteiger partial charge < -0.3 is 10.2 Å². The topological polar surface area (TPSA) is 68.8 Å². The molecule has 3 heterocycles. The lowest BCUT2D eigenvalue weighted by Crippen LogP contribution is -2.54. The molecule has 7 nitrogen and oxygen atoms in total. The summed E-state index contributed by atoms with van der Waals surface area (Å²) >= 11 is 5.82. The van der Waals surface area contributed by atoms with Crippen LogP contribution in [-0.4, -0.2) is 83.4 Å². The number of likely N-dealkylation sites (tertiary alicyclic amines) is 1. The zero-order chi connectivity index (χ0) is 19.2. The minimum absolute atomic E-state index is 0.0809. The maximum Gasteiger partial charge on any atom is 0.242 e. The molecule has 2 aliphatic rings. The molecular weight excluding hydrogens is 366 g/mol. The quantitative estimate of drug-likeness (QED) is 0.824. The number of hydrogen-bond acceptors (Lipinski definition) is 5. The van der Waals surface area contributed by atoms with Crippen LogP contribution in [0.2, 0.25) is 5.02 Å².